The molecule has 2 aromatic carbocycles. The Morgan fingerprint density at radius 2 is 1.55 bits per heavy atom. The number of rotatable bonds is 4. The van der Waals surface area contributed by atoms with Gasteiger partial charge in [0.15, 0.2) is 11.5 Å². The molecule has 5 nitrogen and oxygen atoms in total. The van der Waals surface area contributed by atoms with Crippen molar-refractivity contribution in [3.8, 4) is 11.5 Å². The van der Waals surface area contributed by atoms with Crippen LogP contribution >= 0.6 is 11.6 Å². The van der Waals surface area contributed by atoms with Gasteiger partial charge in [0, 0.05) is 0 Å². The van der Waals surface area contributed by atoms with Crippen molar-refractivity contribution in [3.05, 3.63) is 59.2 Å². The normalized spacial score (nSPS) is 10.1. The van der Waals surface area contributed by atoms with E-state index in [1.807, 2.05) is 0 Å². The van der Waals surface area contributed by atoms with Gasteiger partial charge in [-0.25, -0.2) is 4.79 Å². The van der Waals surface area contributed by atoms with Gasteiger partial charge in [-0.05, 0) is 42.8 Å². The van der Waals surface area contributed by atoms with Gasteiger partial charge in [0.1, 0.15) is 11.3 Å². The molecule has 0 heterocycles. The molecule has 0 amide bonds. The number of Topliss-reactive ketones (excluding diaryl/α,β-unsaturated/α-hetero) is 1. The summed E-state index contributed by atoms with van der Waals surface area (Å²) in [7, 11) is 0. The Bertz CT molecular complexity index is 735. The number of para-hydroxylation sites is 2. The van der Waals surface area contributed by atoms with Crippen LogP contribution in [0.3, 0.4) is 0 Å². The second kappa shape index (κ2) is 6.41. The molecule has 0 aliphatic heterocycles. The van der Waals surface area contributed by atoms with Gasteiger partial charge in [-0.1, -0.05) is 18.2 Å². The second-order valence-corrected chi connectivity index (χ2v) is 4.76. The molecular weight excluding hydrogens is 308 g/mol. The predicted molar refractivity (Wildman–Crippen MR) is 79.7 cm³/mol. The van der Waals surface area contributed by atoms with Gasteiger partial charge in [0.2, 0.25) is 0 Å². The van der Waals surface area contributed by atoms with Crippen molar-refractivity contribution in [2.75, 3.05) is 0 Å². The molecule has 0 aliphatic rings. The minimum absolute atomic E-state index is 0.0512. The van der Waals surface area contributed by atoms with Crippen molar-refractivity contribution in [2.24, 2.45) is 0 Å². The number of ketones is 1. The van der Waals surface area contributed by atoms with E-state index in [9.17, 15) is 19.5 Å². The van der Waals surface area contributed by atoms with Gasteiger partial charge in [0.05, 0.1) is 11.1 Å². The lowest BCUT2D eigenvalue weighted by molar-refractivity contribution is 0.0728. The molecule has 0 saturated carbocycles. The molecule has 0 aromatic heterocycles. The van der Waals surface area contributed by atoms with Crippen LogP contribution in [0.15, 0.2) is 42.5 Å². The maximum Gasteiger partial charge on any atom is 0.347 e. The smallest absolute Gasteiger partial charge is 0.347 e. The first kappa shape index (κ1) is 15.7. The minimum atomic E-state index is -0.897. The lowest BCUT2D eigenvalue weighted by atomic mass is 10.1. The predicted octanol–water partition coefficient (Wildman–Crippen LogP) is 3.19. The number of aromatic hydroxyl groups is 1. The molecule has 0 fully saturated rings. The molecule has 0 spiro atoms. The van der Waals surface area contributed by atoms with Gasteiger partial charge in [-0.3, -0.25) is 9.59 Å². The quantitative estimate of drug-likeness (QED) is 0.405. The highest BCUT2D eigenvalue weighted by atomic mass is 35.5. The molecule has 22 heavy (non-hydrogen) atoms. The first-order valence-electron chi connectivity index (χ1n) is 6.25. The number of phenols is 1. The lowest BCUT2D eigenvalue weighted by Gasteiger charge is -2.11. The van der Waals surface area contributed by atoms with Crippen LogP contribution in [0.5, 0.6) is 11.5 Å². The van der Waals surface area contributed by atoms with Crippen LogP contribution in [0.25, 0.3) is 0 Å². The summed E-state index contributed by atoms with van der Waals surface area (Å²) in [5.74, 6) is -1.78. The van der Waals surface area contributed by atoms with Crippen molar-refractivity contribution < 1.29 is 24.2 Å². The van der Waals surface area contributed by atoms with E-state index < -0.39 is 11.2 Å². The van der Waals surface area contributed by atoms with Gasteiger partial charge in [-0.15, -0.1) is 0 Å². The van der Waals surface area contributed by atoms with E-state index in [0.717, 1.165) is 0 Å². The third kappa shape index (κ3) is 3.15. The molecule has 2 aromatic rings. The van der Waals surface area contributed by atoms with E-state index in [-0.39, 0.29) is 34.0 Å². The highest BCUT2D eigenvalue weighted by molar-refractivity contribution is 6.68. The molecule has 0 radical (unpaired) electrons. The van der Waals surface area contributed by atoms with Crippen LogP contribution in [-0.4, -0.2) is 22.1 Å². The third-order valence-electron chi connectivity index (χ3n) is 2.92. The van der Waals surface area contributed by atoms with Crippen LogP contribution in [0.2, 0.25) is 0 Å². The van der Waals surface area contributed by atoms with Crippen molar-refractivity contribution in [2.45, 2.75) is 6.92 Å². The molecule has 0 atom stereocenters. The monoisotopic (exact) mass is 318 g/mol. The topological polar surface area (TPSA) is 80.7 Å². The third-order valence-corrected chi connectivity index (χ3v) is 3.13. The summed E-state index contributed by atoms with van der Waals surface area (Å²) in [6.45, 7) is 1.27. The number of halogens is 1. The Labute approximate surface area is 131 Å². The largest absolute Gasteiger partial charge is 0.507 e. The number of ether oxygens (including phenoxy) is 1. The van der Waals surface area contributed by atoms with E-state index >= 15 is 0 Å². The number of carbonyl (C=O) groups is 3. The summed E-state index contributed by atoms with van der Waals surface area (Å²) in [5.41, 5.74) is -0.137. The number of phenolic OH excluding ortho intramolecular Hbond substituents is 1. The highest BCUT2D eigenvalue weighted by Crippen LogP contribution is 2.28. The summed E-state index contributed by atoms with van der Waals surface area (Å²) in [6.07, 6.45) is 0. The Kier molecular flexibility index (Phi) is 4.58. The molecule has 0 saturated heterocycles. The van der Waals surface area contributed by atoms with E-state index in [1.54, 1.807) is 12.1 Å². The SMILES string of the molecule is CC(=O)c1cccc(C(=O)Cl)c1OC(=O)c1ccccc1O. The van der Waals surface area contributed by atoms with Gasteiger partial charge in [0.25, 0.3) is 5.24 Å². The first-order valence-corrected chi connectivity index (χ1v) is 6.63. The molecule has 112 valence electrons. The highest BCUT2D eigenvalue weighted by Gasteiger charge is 2.22. The van der Waals surface area contributed by atoms with Crippen molar-refractivity contribution >= 4 is 28.6 Å². The zero-order valence-electron chi connectivity index (χ0n) is 11.5. The summed E-state index contributed by atoms with van der Waals surface area (Å²) in [4.78, 5) is 35.2. The summed E-state index contributed by atoms with van der Waals surface area (Å²) in [6, 6.07) is 9.99. The van der Waals surface area contributed by atoms with E-state index in [1.165, 1.54) is 37.3 Å². The molecule has 6 heteroatoms. The van der Waals surface area contributed by atoms with E-state index in [4.69, 9.17) is 16.3 Å². The maximum absolute atomic E-state index is 12.1. The maximum atomic E-state index is 12.1. The van der Waals surface area contributed by atoms with Crippen molar-refractivity contribution in [3.63, 3.8) is 0 Å². The van der Waals surface area contributed by atoms with Gasteiger partial charge >= 0.3 is 5.97 Å². The molecule has 1 N–H and O–H groups in total. The summed E-state index contributed by atoms with van der Waals surface area (Å²) < 4.78 is 5.14. The zero-order valence-corrected chi connectivity index (χ0v) is 12.3. The average molecular weight is 319 g/mol. The number of esters is 1. The van der Waals surface area contributed by atoms with Crippen LogP contribution in [0, 0.1) is 0 Å². The minimum Gasteiger partial charge on any atom is -0.507 e. The zero-order chi connectivity index (χ0) is 16.3. The summed E-state index contributed by atoms with van der Waals surface area (Å²) >= 11 is 5.45. The lowest BCUT2D eigenvalue weighted by Crippen LogP contribution is -2.13. The fourth-order valence-corrected chi connectivity index (χ4v) is 2.02. The Morgan fingerprint density at radius 1 is 0.955 bits per heavy atom. The van der Waals surface area contributed by atoms with Crippen LogP contribution < -0.4 is 4.74 Å². The number of hydrogen-bond acceptors (Lipinski definition) is 5. The van der Waals surface area contributed by atoms with Crippen molar-refractivity contribution in [1.29, 1.82) is 0 Å². The van der Waals surface area contributed by atoms with Crippen LogP contribution in [0.1, 0.15) is 38.0 Å². The van der Waals surface area contributed by atoms with Crippen LogP contribution in [-0.2, 0) is 0 Å². The van der Waals surface area contributed by atoms with Crippen molar-refractivity contribution in [1.82, 2.24) is 0 Å². The average Bonchev–Trinajstić information content (AvgIpc) is 2.47. The molecular formula is C16H11ClO5. The molecule has 0 aliphatic carbocycles. The molecule has 2 rings (SSSR count). The molecule has 0 unspecified atom stereocenters. The summed E-state index contributed by atoms with van der Waals surface area (Å²) in [5, 5.41) is 8.80. The molecule has 0 bridgehead atoms. The van der Waals surface area contributed by atoms with E-state index in [2.05, 4.69) is 0 Å². The van der Waals surface area contributed by atoms with E-state index in [0.29, 0.717) is 0 Å². The standard InChI is InChI=1S/C16H11ClO5/c1-9(18)10-6-4-7-12(15(17)20)14(10)22-16(21)11-5-2-3-8-13(11)19/h2-8,19H,1H3. The fraction of sp³-hybridized carbons (Fsp3) is 0.0625. The number of carbonyl (C=O) groups excluding carboxylic acids is 3. The van der Waals surface area contributed by atoms with Crippen LogP contribution in [0.4, 0.5) is 0 Å². The number of benzene rings is 2. The Morgan fingerprint density at radius 3 is 2.14 bits per heavy atom. The fourth-order valence-electron chi connectivity index (χ4n) is 1.87. The van der Waals surface area contributed by atoms with Gasteiger partial charge < -0.3 is 9.84 Å². The first-order chi connectivity index (χ1) is 10.4. The second-order valence-electron chi connectivity index (χ2n) is 4.42. The van der Waals surface area contributed by atoms with Gasteiger partial charge in [-0.2, -0.15) is 0 Å². The Hall–Kier alpha value is -2.66. The number of hydrogen-bond donors (Lipinski definition) is 1. The Balaban J connectivity index is 2.48.